The Kier molecular flexibility index (Phi) is 7.91. The van der Waals surface area contributed by atoms with E-state index in [1.165, 1.54) is 6.42 Å². The van der Waals surface area contributed by atoms with Gasteiger partial charge in [-0.2, -0.15) is 0 Å². The quantitative estimate of drug-likeness (QED) is 0.500. The average Bonchev–Trinajstić information content (AvgIpc) is 2.52. The molecule has 0 spiro atoms. The molecule has 0 saturated heterocycles. The van der Waals surface area contributed by atoms with E-state index < -0.39 is 5.41 Å². The van der Waals surface area contributed by atoms with Crippen LogP contribution in [0.2, 0.25) is 0 Å². The standard InChI is InChI=1S/C18H32O4/c1-5-12-21-16(19)18(14(3)4,17(20)22-13-6-2)15-10-8-7-9-11-15/h14-15H,5-13H2,1-4H3. The van der Waals surface area contributed by atoms with Crippen molar-refractivity contribution in [2.45, 2.75) is 72.6 Å². The molecule has 1 aliphatic rings. The fourth-order valence-corrected chi connectivity index (χ4v) is 3.55. The molecule has 0 aliphatic heterocycles. The highest BCUT2D eigenvalue weighted by molar-refractivity contribution is 6.00. The van der Waals surface area contributed by atoms with E-state index in [0.717, 1.165) is 38.5 Å². The second-order valence-electron chi connectivity index (χ2n) is 6.63. The lowest BCUT2D eigenvalue weighted by atomic mass is 9.62. The minimum atomic E-state index is -1.13. The normalized spacial score (nSPS) is 16.6. The van der Waals surface area contributed by atoms with Crippen LogP contribution in [0.5, 0.6) is 0 Å². The summed E-state index contributed by atoms with van der Waals surface area (Å²) in [5.41, 5.74) is -1.13. The van der Waals surface area contributed by atoms with E-state index in [1.54, 1.807) is 0 Å². The van der Waals surface area contributed by atoms with E-state index in [9.17, 15) is 9.59 Å². The van der Waals surface area contributed by atoms with Crippen LogP contribution in [0.15, 0.2) is 0 Å². The largest absolute Gasteiger partial charge is 0.465 e. The number of hydrogen-bond acceptors (Lipinski definition) is 4. The number of esters is 2. The van der Waals surface area contributed by atoms with Gasteiger partial charge in [0.15, 0.2) is 5.41 Å². The predicted molar refractivity (Wildman–Crippen MR) is 86.3 cm³/mol. The van der Waals surface area contributed by atoms with E-state index in [1.807, 2.05) is 27.7 Å². The molecule has 0 unspecified atom stereocenters. The van der Waals surface area contributed by atoms with Gasteiger partial charge in [0.2, 0.25) is 0 Å². The third-order valence-corrected chi connectivity index (χ3v) is 4.71. The molecular weight excluding hydrogens is 280 g/mol. The van der Waals surface area contributed by atoms with Crippen molar-refractivity contribution in [1.82, 2.24) is 0 Å². The monoisotopic (exact) mass is 312 g/mol. The van der Waals surface area contributed by atoms with Crippen LogP contribution in [0.25, 0.3) is 0 Å². The maximum absolute atomic E-state index is 12.8. The first kappa shape index (κ1) is 19.0. The number of carbonyl (C=O) groups is 2. The molecule has 1 fully saturated rings. The van der Waals surface area contributed by atoms with Crippen LogP contribution in [0.4, 0.5) is 0 Å². The molecular formula is C18H32O4. The molecule has 0 N–H and O–H groups in total. The van der Waals surface area contributed by atoms with E-state index in [0.29, 0.717) is 13.2 Å². The van der Waals surface area contributed by atoms with Gasteiger partial charge < -0.3 is 9.47 Å². The zero-order chi connectivity index (χ0) is 16.6. The van der Waals surface area contributed by atoms with E-state index >= 15 is 0 Å². The number of rotatable bonds is 8. The van der Waals surface area contributed by atoms with Gasteiger partial charge in [0, 0.05) is 0 Å². The summed E-state index contributed by atoms with van der Waals surface area (Å²) in [6.07, 6.45) is 6.64. The second kappa shape index (κ2) is 9.16. The molecule has 0 aromatic carbocycles. The maximum atomic E-state index is 12.8. The van der Waals surface area contributed by atoms with Crippen LogP contribution in [0.3, 0.4) is 0 Å². The van der Waals surface area contributed by atoms with Crippen molar-refractivity contribution in [3.8, 4) is 0 Å². The molecule has 1 saturated carbocycles. The van der Waals surface area contributed by atoms with E-state index in [4.69, 9.17) is 9.47 Å². The highest BCUT2D eigenvalue weighted by atomic mass is 16.6. The molecule has 128 valence electrons. The lowest BCUT2D eigenvalue weighted by Gasteiger charge is -2.41. The van der Waals surface area contributed by atoms with Crippen molar-refractivity contribution in [2.24, 2.45) is 17.3 Å². The summed E-state index contributed by atoms with van der Waals surface area (Å²) in [6, 6.07) is 0. The van der Waals surface area contributed by atoms with Crippen LogP contribution in [0, 0.1) is 17.3 Å². The molecule has 0 aromatic rings. The van der Waals surface area contributed by atoms with Gasteiger partial charge in [-0.05, 0) is 37.5 Å². The van der Waals surface area contributed by atoms with Crippen LogP contribution >= 0.6 is 0 Å². The van der Waals surface area contributed by atoms with Crippen molar-refractivity contribution in [3.63, 3.8) is 0 Å². The van der Waals surface area contributed by atoms with Crippen molar-refractivity contribution < 1.29 is 19.1 Å². The molecule has 0 radical (unpaired) electrons. The number of hydrogen-bond donors (Lipinski definition) is 0. The molecule has 4 nitrogen and oxygen atoms in total. The van der Waals surface area contributed by atoms with Crippen LogP contribution in [-0.2, 0) is 19.1 Å². The van der Waals surface area contributed by atoms with Crippen LogP contribution in [0.1, 0.15) is 72.6 Å². The third kappa shape index (κ3) is 4.02. The van der Waals surface area contributed by atoms with E-state index in [2.05, 4.69) is 0 Å². The Morgan fingerprint density at radius 3 is 1.77 bits per heavy atom. The summed E-state index contributed by atoms with van der Waals surface area (Å²) in [6.45, 7) is 8.52. The van der Waals surface area contributed by atoms with Crippen molar-refractivity contribution >= 4 is 11.9 Å². The lowest BCUT2D eigenvalue weighted by Crippen LogP contribution is -2.52. The lowest BCUT2D eigenvalue weighted by molar-refractivity contribution is -0.183. The third-order valence-electron chi connectivity index (χ3n) is 4.71. The fraction of sp³-hybridized carbons (Fsp3) is 0.889. The minimum absolute atomic E-state index is 0.0370. The van der Waals surface area contributed by atoms with Gasteiger partial charge in [0.25, 0.3) is 0 Å². The summed E-state index contributed by atoms with van der Waals surface area (Å²) < 4.78 is 10.9. The predicted octanol–water partition coefficient (Wildman–Crippen LogP) is 4.12. The molecule has 0 aromatic heterocycles. The highest BCUT2D eigenvalue weighted by Gasteiger charge is 2.56. The highest BCUT2D eigenvalue weighted by Crippen LogP contribution is 2.46. The van der Waals surface area contributed by atoms with Gasteiger partial charge >= 0.3 is 11.9 Å². The van der Waals surface area contributed by atoms with Gasteiger partial charge in [0.05, 0.1) is 13.2 Å². The van der Waals surface area contributed by atoms with Gasteiger partial charge in [-0.25, -0.2) is 0 Å². The first-order chi connectivity index (χ1) is 10.5. The van der Waals surface area contributed by atoms with Gasteiger partial charge in [-0.15, -0.1) is 0 Å². The van der Waals surface area contributed by atoms with Crippen LogP contribution in [-0.4, -0.2) is 25.2 Å². The minimum Gasteiger partial charge on any atom is -0.465 e. The Morgan fingerprint density at radius 2 is 1.41 bits per heavy atom. The number of ether oxygens (including phenoxy) is 2. The maximum Gasteiger partial charge on any atom is 0.324 e. The van der Waals surface area contributed by atoms with E-state index in [-0.39, 0.29) is 23.8 Å². The summed E-state index contributed by atoms with van der Waals surface area (Å²) >= 11 is 0. The Bertz CT molecular complexity index is 336. The molecule has 0 amide bonds. The topological polar surface area (TPSA) is 52.6 Å². The first-order valence-electron chi connectivity index (χ1n) is 8.86. The average molecular weight is 312 g/mol. The van der Waals surface area contributed by atoms with Gasteiger partial charge in [-0.1, -0.05) is 47.0 Å². The zero-order valence-electron chi connectivity index (χ0n) is 14.7. The number of carbonyl (C=O) groups excluding carboxylic acids is 2. The van der Waals surface area contributed by atoms with Crippen molar-refractivity contribution in [2.75, 3.05) is 13.2 Å². The summed E-state index contributed by atoms with van der Waals surface area (Å²) in [7, 11) is 0. The van der Waals surface area contributed by atoms with Crippen LogP contribution < -0.4 is 0 Å². The molecule has 1 rings (SSSR count). The van der Waals surface area contributed by atoms with Crippen molar-refractivity contribution in [1.29, 1.82) is 0 Å². The zero-order valence-corrected chi connectivity index (χ0v) is 14.7. The SMILES string of the molecule is CCCOC(=O)C(C(=O)OCCC)(C(C)C)C1CCCCC1. The fourth-order valence-electron chi connectivity index (χ4n) is 3.55. The van der Waals surface area contributed by atoms with Gasteiger partial charge in [-0.3, -0.25) is 9.59 Å². The molecule has 0 bridgehead atoms. The summed E-state index contributed by atoms with van der Waals surface area (Å²) in [5.74, 6) is -0.839. The Labute approximate surface area is 134 Å². The molecule has 0 atom stereocenters. The smallest absolute Gasteiger partial charge is 0.324 e. The second-order valence-corrected chi connectivity index (χ2v) is 6.63. The summed E-state index contributed by atoms with van der Waals surface area (Å²) in [4.78, 5) is 25.7. The van der Waals surface area contributed by atoms with Crippen molar-refractivity contribution in [3.05, 3.63) is 0 Å². The molecule has 1 aliphatic carbocycles. The first-order valence-corrected chi connectivity index (χ1v) is 8.86. The Hall–Kier alpha value is -1.06. The molecule has 4 heteroatoms. The van der Waals surface area contributed by atoms with Gasteiger partial charge in [0.1, 0.15) is 0 Å². The Balaban J connectivity index is 3.11. The molecule has 0 heterocycles. The Morgan fingerprint density at radius 1 is 0.955 bits per heavy atom. The molecule has 22 heavy (non-hydrogen) atoms. The summed E-state index contributed by atoms with van der Waals surface area (Å²) in [5, 5.41) is 0.